The fourth-order valence-corrected chi connectivity index (χ4v) is 3.89. The minimum atomic E-state index is -0.382. The number of carbonyl (C=O) groups excluding carboxylic acids is 1. The second-order valence-corrected chi connectivity index (χ2v) is 7.99. The van der Waals surface area contributed by atoms with Crippen molar-refractivity contribution in [1.82, 2.24) is 15.3 Å². The van der Waals surface area contributed by atoms with Crippen LogP contribution < -0.4 is 5.32 Å². The number of carbonyl (C=O) groups is 1. The summed E-state index contributed by atoms with van der Waals surface area (Å²) in [6.07, 6.45) is 0.707. The van der Waals surface area contributed by atoms with E-state index in [0.29, 0.717) is 29.4 Å². The Balaban J connectivity index is 1.43. The molecule has 1 N–H and O–H groups in total. The summed E-state index contributed by atoms with van der Waals surface area (Å²) in [4.78, 5) is 21.6. The van der Waals surface area contributed by atoms with Crippen molar-refractivity contribution in [2.75, 3.05) is 6.54 Å². The molecule has 146 valence electrons. The molecule has 0 aliphatic heterocycles. The van der Waals surface area contributed by atoms with E-state index in [4.69, 9.17) is 0 Å². The highest BCUT2D eigenvalue weighted by atomic mass is 32.1. The predicted octanol–water partition coefficient (Wildman–Crippen LogP) is 5.09. The molecule has 0 bridgehead atoms. The van der Waals surface area contributed by atoms with Gasteiger partial charge in [0.2, 0.25) is 0 Å². The van der Waals surface area contributed by atoms with Gasteiger partial charge in [-0.25, -0.2) is 9.37 Å². The third kappa shape index (κ3) is 4.32. The number of nitrogens with one attached hydrogen (secondary N) is 1. The van der Waals surface area contributed by atoms with Gasteiger partial charge >= 0.3 is 0 Å². The zero-order valence-corrected chi connectivity index (χ0v) is 17.0. The van der Waals surface area contributed by atoms with Crippen LogP contribution in [-0.4, -0.2) is 22.4 Å². The van der Waals surface area contributed by atoms with Crippen LogP contribution in [0.3, 0.4) is 0 Å². The monoisotopic (exact) mass is 405 g/mol. The maximum atomic E-state index is 13.6. The van der Waals surface area contributed by atoms with Gasteiger partial charge in [-0.3, -0.25) is 9.78 Å². The fraction of sp³-hybridized carbons (Fsp3) is 0.174. The van der Waals surface area contributed by atoms with Crippen molar-refractivity contribution in [3.8, 4) is 11.3 Å². The SMILES string of the molecule is Cc1cc(C(=O)NCCc2ccc(-c3csc(C)n3)cc2)c2cc(F)ccc2n1. The first-order valence-electron chi connectivity index (χ1n) is 9.36. The fourth-order valence-electron chi connectivity index (χ4n) is 3.27. The normalized spacial score (nSPS) is 11.0. The highest BCUT2D eigenvalue weighted by molar-refractivity contribution is 7.09. The molecule has 29 heavy (non-hydrogen) atoms. The van der Waals surface area contributed by atoms with E-state index >= 15 is 0 Å². The van der Waals surface area contributed by atoms with Crippen molar-refractivity contribution in [2.45, 2.75) is 20.3 Å². The van der Waals surface area contributed by atoms with Gasteiger partial charge in [-0.15, -0.1) is 11.3 Å². The van der Waals surface area contributed by atoms with E-state index in [-0.39, 0.29) is 11.7 Å². The molecule has 1 amide bonds. The van der Waals surface area contributed by atoms with Crippen LogP contribution >= 0.6 is 11.3 Å². The lowest BCUT2D eigenvalue weighted by Crippen LogP contribution is -2.26. The Morgan fingerprint density at radius 3 is 2.59 bits per heavy atom. The molecule has 6 heteroatoms. The van der Waals surface area contributed by atoms with Gasteiger partial charge in [-0.05, 0) is 50.1 Å². The number of hydrogen-bond donors (Lipinski definition) is 1. The van der Waals surface area contributed by atoms with Crippen molar-refractivity contribution >= 4 is 28.1 Å². The molecule has 2 heterocycles. The third-order valence-corrected chi connectivity index (χ3v) is 5.48. The van der Waals surface area contributed by atoms with Crippen molar-refractivity contribution in [2.24, 2.45) is 0 Å². The molecule has 0 saturated carbocycles. The van der Waals surface area contributed by atoms with Crippen LogP contribution in [0.25, 0.3) is 22.2 Å². The van der Waals surface area contributed by atoms with Crippen molar-refractivity contribution in [3.05, 3.63) is 81.6 Å². The van der Waals surface area contributed by atoms with Gasteiger partial charge in [0.1, 0.15) is 5.82 Å². The number of aromatic nitrogens is 2. The first-order chi connectivity index (χ1) is 14.0. The molecule has 0 saturated heterocycles. The average molecular weight is 405 g/mol. The summed E-state index contributed by atoms with van der Waals surface area (Å²) < 4.78 is 13.6. The lowest BCUT2D eigenvalue weighted by atomic mass is 10.1. The summed E-state index contributed by atoms with van der Waals surface area (Å²) >= 11 is 1.63. The lowest BCUT2D eigenvalue weighted by Gasteiger charge is -2.09. The van der Waals surface area contributed by atoms with Crippen molar-refractivity contribution in [3.63, 3.8) is 0 Å². The number of amides is 1. The molecule has 0 unspecified atom stereocenters. The molecule has 0 atom stereocenters. The molecule has 0 spiro atoms. The van der Waals surface area contributed by atoms with E-state index in [2.05, 4.69) is 32.8 Å². The van der Waals surface area contributed by atoms with Crippen LogP contribution in [0.15, 0.2) is 53.9 Å². The van der Waals surface area contributed by atoms with Gasteiger partial charge in [0.25, 0.3) is 5.91 Å². The van der Waals surface area contributed by atoms with Gasteiger partial charge < -0.3 is 5.32 Å². The minimum Gasteiger partial charge on any atom is -0.352 e. The summed E-state index contributed by atoms with van der Waals surface area (Å²) in [5.41, 5.74) is 4.98. The summed E-state index contributed by atoms with van der Waals surface area (Å²) in [6.45, 7) is 4.31. The molecule has 0 aliphatic carbocycles. The molecule has 2 aromatic carbocycles. The van der Waals surface area contributed by atoms with E-state index < -0.39 is 0 Å². The van der Waals surface area contributed by atoms with Crippen molar-refractivity contribution < 1.29 is 9.18 Å². The Bertz CT molecular complexity index is 1180. The molecule has 2 aromatic heterocycles. The van der Waals surface area contributed by atoms with E-state index in [1.807, 2.05) is 26.0 Å². The molecule has 0 aliphatic rings. The minimum absolute atomic E-state index is 0.222. The van der Waals surface area contributed by atoms with Crippen LogP contribution in [0.1, 0.15) is 26.6 Å². The number of benzene rings is 2. The molecule has 0 radical (unpaired) electrons. The smallest absolute Gasteiger partial charge is 0.252 e. The second kappa shape index (κ2) is 8.09. The average Bonchev–Trinajstić information content (AvgIpc) is 3.14. The largest absolute Gasteiger partial charge is 0.352 e. The number of fused-ring (bicyclic) bond motifs is 1. The number of halogens is 1. The summed E-state index contributed by atoms with van der Waals surface area (Å²) in [6, 6.07) is 14.2. The van der Waals surface area contributed by atoms with Gasteiger partial charge in [0.05, 0.1) is 21.8 Å². The molecule has 4 aromatic rings. The summed E-state index contributed by atoms with van der Waals surface area (Å²) in [7, 11) is 0. The van der Waals surface area contributed by atoms with E-state index in [1.165, 1.54) is 12.1 Å². The van der Waals surface area contributed by atoms with Gasteiger partial charge in [0.15, 0.2) is 0 Å². The zero-order valence-electron chi connectivity index (χ0n) is 16.2. The highest BCUT2D eigenvalue weighted by Gasteiger charge is 2.12. The quantitative estimate of drug-likeness (QED) is 0.503. The number of nitrogens with zero attached hydrogens (tertiary/aromatic N) is 2. The maximum absolute atomic E-state index is 13.6. The summed E-state index contributed by atoms with van der Waals surface area (Å²) in [5, 5.41) is 6.56. The Morgan fingerprint density at radius 1 is 1.07 bits per heavy atom. The standard InChI is InChI=1S/C23H20FN3OS/c1-14-11-20(19-12-18(24)7-8-21(19)26-14)23(28)25-10-9-16-3-5-17(6-4-16)22-13-29-15(2)27-22/h3-8,11-13H,9-10H2,1-2H3,(H,25,28). The molecular weight excluding hydrogens is 385 g/mol. The van der Waals surface area contributed by atoms with Gasteiger partial charge in [-0.2, -0.15) is 0 Å². The van der Waals surface area contributed by atoms with E-state index in [1.54, 1.807) is 23.5 Å². The van der Waals surface area contributed by atoms with E-state index in [0.717, 1.165) is 27.5 Å². The predicted molar refractivity (Wildman–Crippen MR) is 115 cm³/mol. The van der Waals surface area contributed by atoms with Gasteiger partial charge in [0, 0.05) is 28.6 Å². The third-order valence-electron chi connectivity index (χ3n) is 4.71. The number of aryl methyl sites for hydroxylation is 2. The van der Waals surface area contributed by atoms with Crippen LogP contribution in [0, 0.1) is 19.7 Å². The maximum Gasteiger partial charge on any atom is 0.252 e. The van der Waals surface area contributed by atoms with Gasteiger partial charge in [-0.1, -0.05) is 24.3 Å². The first kappa shape index (κ1) is 19.2. The number of hydrogen-bond acceptors (Lipinski definition) is 4. The molecule has 0 fully saturated rings. The molecule has 4 rings (SSSR count). The Labute approximate surface area is 172 Å². The van der Waals surface area contributed by atoms with Crippen molar-refractivity contribution in [1.29, 1.82) is 0 Å². The Kier molecular flexibility index (Phi) is 5.36. The number of pyridine rings is 1. The Morgan fingerprint density at radius 2 is 1.86 bits per heavy atom. The van der Waals surface area contributed by atoms with Crippen LogP contribution in [0.4, 0.5) is 4.39 Å². The number of rotatable bonds is 5. The first-order valence-corrected chi connectivity index (χ1v) is 10.2. The van der Waals surface area contributed by atoms with E-state index in [9.17, 15) is 9.18 Å². The second-order valence-electron chi connectivity index (χ2n) is 6.93. The Hall–Kier alpha value is -3.12. The van der Waals surface area contributed by atoms with Crippen LogP contribution in [0.5, 0.6) is 0 Å². The number of thiazole rings is 1. The molecular formula is C23H20FN3OS. The topological polar surface area (TPSA) is 54.9 Å². The molecule has 4 nitrogen and oxygen atoms in total. The zero-order chi connectivity index (χ0) is 20.4. The van der Waals surface area contributed by atoms with Crippen LogP contribution in [-0.2, 0) is 6.42 Å². The highest BCUT2D eigenvalue weighted by Crippen LogP contribution is 2.22. The lowest BCUT2D eigenvalue weighted by molar-refractivity contribution is 0.0955. The summed E-state index contributed by atoms with van der Waals surface area (Å²) in [5.74, 6) is -0.603. The van der Waals surface area contributed by atoms with Crippen LogP contribution in [0.2, 0.25) is 0 Å².